The lowest BCUT2D eigenvalue weighted by molar-refractivity contribution is 0.247. The quantitative estimate of drug-likeness (QED) is 0.771. The molecular weight excluding hydrogens is 272 g/mol. The van der Waals surface area contributed by atoms with Gasteiger partial charge in [0.25, 0.3) is 0 Å². The maximum atomic E-state index is 12.2. The van der Waals surface area contributed by atoms with Gasteiger partial charge in [0.1, 0.15) is 0 Å². The Morgan fingerprint density at radius 2 is 1.73 bits per heavy atom. The molecule has 0 saturated carbocycles. The van der Waals surface area contributed by atoms with Gasteiger partial charge in [0.05, 0.1) is 0 Å². The smallest absolute Gasteiger partial charge is 0.321 e. The van der Waals surface area contributed by atoms with Crippen LogP contribution in [-0.2, 0) is 0 Å². The average Bonchev–Trinajstić information content (AvgIpc) is 2.59. The molecule has 0 aromatic heterocycles. The number of unbranched alkanes of at least 4 members (excludes halogenated alkanes) is 2. The van der Waals surface area contributed by atoms with E-state index < -0.39 is 0 Å². The van der Waals surface area contributed by atoms with E-state index in [1.807, 2.05) is 36.4 Å². The van der Waals surface area contributed by atoms with Gasteiger partial charge in [-0.2, -0.15) is 0 Å². The molecular formula is C19H24N2O. The summed E-state index contributed by atoms with van der Waals surface area (Å²) in [5, 5.41) is 2.96. The van der Waals surface area contributed by atoms with Crippen molar-refractivity contribution in [3.8, 4) is 11.1 Å². The minimum atomic E-state index is -0.0543. The summed E-state index contributed by atoms with van der Waals surface area (Å²) in [5.41, 5.74) is 3.17. The highest BCUT2D eigenvalue weighted by Crippen LogP contribution is 2.24. The first-order chi connectivity index (χ1) is 10.7. The molecule has 0 spiro atoms. The Bertz CT molecular complexity index is 595. The predicted octanol–water partition coefficient (Wildman–Crippen LogP) is 4.69. The summed E-state index contributed by atoms with van der Waals surface area (Å²) in [6.07, 6.45) is 3.33. The molecule has 0 unspecified atom stereocenters. The van der Waals surface area contributed by atoms with Crippen molar-refractivity contribution < 1.29 is 4.79 Å². The molecule has 0 fully saturated rings. The molecule has 1 N–H and O–H groups in total. The van der Waals surface area contributed by atoms with Crippen molar-refractivity contribution in [2.45, 2.75) is 26.2 Å². The fourth-order valence-corrected chi connectivity index (χ4v) is 2.33. The molecule has 2 rings (SSSR count). The van der Waals surface area contributed by atoms with Gasteiger partial charge < -0.3 is 5.32 Å². The largest absolute Gasteiger partial charge is 0.338 e. The first-order valence-corrected chi connectivity index (χ1v) is 7.89. The molecule has 2 amide bonds. The number of carbonyl (C=O) groups is 1. The highest BCUT2D eigenvalue weighted by Gasteiger charge is 2.10. The Labute approximate surface area is 133 Å². The van der Waals surface area contributed by atoms with E-state index in [1.165, 1.54) is 0 Å². The number of nitrogens with one attached hydrogen (secondary N) is 1. The summed E-state index contributed by atoms with van der Waals surface area (Å²) in [6.45, 7) is 2.89. The van der Waals surface area contributed by atoms with E-state index >= 15 is 0 Å². The number of anilines is 1. The van der Waals surface area contributed by atoms with Gasteiger partial charge in [0.2, 0.25) is 0 Å². The third kappa shape index (κ3) is 4.35. The molecule has 0 aliphatic carbocycles. The number of hydrogen-bond acceptors (Lipinski definition) is 1. The van der Waals surface area contributed by atoms with Gasteiger partial charge in [-0.3, -0.25) is 4.90 Å². The third-order valence-electron chi connectivity index (χ3n) is 3.70. The van der Waals surface area contributed by atoms with Crippen LogP contribution in [0.15, 0.2) is 54.6 Å². The van der Waals surface area contributed by atoms with E-state index in [-0.39, 0.29) is 6.03 Å². The van der Waals surface area contributed by atoms with Crippen molar-refractivity contribution in [1.82, 2.24) is 5.32 Å². The summed E-state index contributed by atoms with van der Waals surface area (Å²) in [6, 6.07) is 18.2. The van der Waals surface area contributed by atoms with Crippen LogP contribution in [0.25, 0.3) is 11.1 Å². The summed E-state index contributed by atoms with van der Waals surface area (Å²) >= 11 is 0. The van der Waals surface area contributed by atoms with Crippen LogP contribution in [0.4, 0.5) is 10.5 Å². The monoisotopic (exact) mass is 296 g/mol. The van der Waals surface area contributed by atoms with Crippen LogP contribution in [0.5, 0.6) is 0 Å². The molecule has 0 aliphatic heterocycles. The van der Waals surface area contributed by atoms with Crippen molar-refractivity contribution in [3.05, 3.63) is 54.6 Å². The van der Waals surface area contributed by atoms with Crippen LogP contribution in [0.2, 0.25) is 0 Å². The van der Waals surface area contributed by atoms with Crippen molar-refractivity contribution in [1.29, 1.82) is 0 Å². The van der Waals surface area contributed by atoms with E-state index in [4.69, 9.17) is 0 Å². The zero-order chi connectivity index (χ0) is 15.8. The Hall–Kier alpha value is -2.29. The second-order valence-electron chi connectivity index (χ2n) is 5.41. The molecule has 0 bridgehead atoms. The zero-order valence-corrected chi connectivity index (χ0v) is 13.4. The topological polar surface area (TPSA) is 32.3 Å². The normalized spacial score (nSPS) is 10.3. The van der Waals surface area contributed by atoms with Crippen LogP contribution in [-0.4, -0.2) is 19.6 Å². The Balaban J connectivity index is 2.04. The lowest BCUT2D eigenvalue weighted by Gasteiger charge is -2.19. The van der Waals surface area contributed by atoms with Crippen LogP contribution in [0, 0.1) is 0 Å². The molecule has 0 heterocycles. The van der Waals surface area contributed by atoms with Crippen molar-refractivity contribution in [3.63, 3.8) is 0 Å². The maximum absolute atomic E-state index is 12.2. The number of rotatable bonds is 6. The number of urea groups is 1. The number of hydrogen-bond donors (Lipinski definition) is 1. The molecule has 3 nitrogen and oxygen atoms in total. The number of nitrogens with zero attached hydrogens (tertiary/aromatic N) is 1. The van der Waals surface area contributed by atoms with Gasteiger partial charge >= 0.3 is 6.03 Å². The number of amides is 2. The minimum absolute atomic E-state index is 0.0543. The third-order valence-corrected chi connectivity index (χ3v) is 3.70. The summed E-state index contributed by atoms with van der Waals surface area (Å²) < 4.78 is 0. The van der Waals surface area contributed by atoms with Gasteiger partial charge in [-0.15, -0.1) is 0 Å². The molecule has 2 aromatic carbocycles. The van der Waals surface area contributed by atoms with E-state index in [9.17, 15) is 4.79 Å². The molecule has 116 valence electrons. The molecule has 22 heavy (non-hydrogen) atoms. The lowest BCUT2D eigenvalue weighted by Crippen LogP contribution is -2.37. The predicted molar refractivity (Wildman–Crippen MR) is 93.2 cm³/mol. The highest BCUT2D eigenvalue weighted by molar-refractivity contribution is 5.92. The second-order valence-corrected chi connectivity index (χ2v) is 5.41. The van der Waals surface area contributed by atoms with Crippen LogP contribution in [0.1, 0.15) is 26.2 Å². The maximum Gasteiger partial charge on any atom is 0.321 e. The van der Waals surface area contributed by atoms with Crippen LogP contribution in [0.3, 0.4) is 0 Å². The summed E-state index contributed by atoms with van der Waals surface area (Å²) in [4.78, 5) is 13.8. The van der Waals surface area contributed by atoms with Crippen LogP contribution < -0.4 is 10.2 Å². The van der Waals surface area contributed by atoms with E-state index in [2.05, 4.69) is 30.4 Å². The summed E-state index contributed by atoms with van der Waals surface area (Å²) in [5.74, 6) is 0. The fraction of sp³-hybridized carbons (Fsp3) is 0.316. The lowest BCUT2D eigenvalue weighted by atomic mass is 10.1. The van der Waals surface area contributed by atoms with Gasteiger partial charge in [-0.05, 0) is 29.7 Å². The van der Waals surface area contributed by atoms with Crippen molar-refractivity contribution in [2.24, 2.45) is 0 Å². The zero-order valence-electron chi connectivity index (χ0n) is 13.4. The SMILES string of the molecule is CCCCCNC(=O)N(C)c1cccc(-c2ccccc2)c1. The molecule has 2 aromatic rings. The highest BCUT2D eigenvalue weighted by atomic mass is 16.2. The Morgan fingerprint density at radius 3 is 2.45 bits per heavy atom. The standard InChI is InChI=1S/C19H24N2O/c1-3-4-8-14-20-19(22)21(2)18-13-9-12-17(15-18)16-10-6-5-7-11-16/h5-7,9-13,15H,3-4,8,14H2,1-2H3,(H,20,22). The van der Waals surface area contributed by atoms with E-state index in [1.54, 1.807) is 11.9 Å². The van der Waals surface area contributed by atoms with Gasteiger partial charge in [-0.25, -0.2) is 4.79 Å². The summed E-state index contributed by atoms with van der Waals surface area (Å²) in [7, 11) is 1.80. The molecule has 0 saturated heterocycles. The second kappa shape index (κ2) is 8.23. The van der Waals surface area contributed by atoms with E-state index in [0.29, 0.717) is 0 Å². The first kappa shape index (κ1) is 16.1. The van der Waals surface area contributed by atoms with E-state index in [0.717, 1.165) is 42.6 Å². The molecule has 0 atom stereocenters. The fourth-order valence-electron chi connectivity index (χ4n) is 2.33. The van der Waals surface area contributed by atoms with Gasteiger partial charge in [0.15, 0.2) is 0 Å². The molecule has 0 radical (unpaired) electrons. The molecule has 3 heteroatoms. The van der Waals surface area contributed by atoms with Crippen molar-refractivity contribution >= 4 is 11.7 Å². The van der Waals surface area contributed by atoms with Gasteiger partial charge in [0, 0.05) is 19.3 Å². The first-order valence-electron chi connectivity index (χ1n) is 7.89. The molecule has 0 aliphatic rings. The minimum Gasteiger partial charge on any atom is -0.338 e. The number of benzene rings is 2. The Morgan fingerprint density at radius 1 is 1.00 bits per heavy atom. The number of carbonyl (C=O) groups excluding carboxylic acids is 1. The van der Waals surface area contributed by atoms with Crippen LogP contribution >= 0.6 is 0 Å². The Kier molecular flexibility index (Phi) is 6.01. The van der Waals surface area contributed by atoms with Crippen molar-refractivity contribution in [2.75, 3.05) is 18.5 Å². The van der Waals surface area contributed by atoms with Gasteiger partial charge in [-0.1, -0.05) is 62.2 Å². The average molecular weight is 296 g/mol.